The Bertz CT molecular complexity index is 907. The minimum Gasteiger partial charge on any atom is -0.451 e. The number of amides is 1. The maximum atomic E-state index is 12.2. The molecule has 0 unspecified atom stereocenters. The van der Waals surface area contributed by atoms with Crippen LogP contribution < -0.4 is 5.32 Å². The predicted molar refractivity (Wildman–Crippen MR) is 100 cm³/mol. The Kier molecular flexibility index (Phi) is 5.36. The molecular formula is C19H16ClNO3S. The summed E-state index contributed by atoms with van der Waals surface area (Å²) in [7, 11) is 0. The minimum atomic E-state index is -0.589. The van der Waals surface area contributed by atoms with E-state index in [0.717, 1.165) is 15.6 Å². The molecule has 0 radical (unpaired) electrons. The van der Waals surface area contributed by atoms with Crippen molar-refractivity contribution >= 4 is 44.9 Å². The number of carbonyl (C=O) groups excluding carboxylic acids is 2. The summed E-state index contributed by atoms with van der Waals surface area (Å²) >= 11 is 7.50. The molecule has 0 bridgehead atoms. The van der Waals surface area contributed by atoms with Gasteiger partial charge >= 0.3 is 5.97 Å². The minimum absolute atomic E-state index is 0.166. The van der Waals surface area contributed by atoms with E-state index < -0.39 is 5.97 Å². The number of benzene rings is 2. The van der Waals surface area contributed by atoms with Gasteiger partial charge < -0.3 is 10.1 Å². The first-order valence-electron chi connectivity index (χ1n) is 7.74. The van der Waals surface area contributed by atoms with E-state index in [1.807, 2.05) is 61.5 Å². The number of esters is 1. The monoisotopic (exact) mass is 373 g/mol. The molecule has 0 saturated carbocycles. The number of hydrogen-bond acceptors (Lipinski definition) is 4. The summed E-state index contributed by atoms with van der Waals surface area (Å²) in [5.74, 6) is -0.948. The van der Waals surface area contributed by atoms with Gasteiger partial charge in [-0.25, -0.2) is 4.79 Å². The van der Waals surface area contributed by atoms with Crippen LogP contribution in [0, 0.1) is 0 Å². The highest BCUT2D eigenvalue weighted by Crippen LogP contribution is 2.35. The number of hydrogen-bond donors (Lipinski definition) is 1. The highest BCUT2D eigenvalue weighted by molar-refractivity contribution is 7.21. The van der Waals surface area contributed by atoms with Crippen molar-refractivity contribution in [2.24, 2.45) is 0 Å². The van der Waals surface area contributed by atoms with Gasteiger partial charge in [-0.2, -0.15) is 0 Å². The van der Waals surface area contributed by atoms with E-state index in [-0.39, 0.29) is 18.6 Å². The summed E-state index contributed by atoms with van der Waals surface area (Å²) in [6.07, 6.45) is 0. The van der Waals surface area contributed by atoms with Gasteiger partial charge in [0, 0.05) is 10.1 Å². The number of halogens is 1. The molecule has 0 spiro atoms. The molecule has 1 heterocycles. The molecule has 3 aromatic rings. The molecule has 4 nitrogen and oxygen atoms in total. The van der Waals surface area contributed by atoms with Gasteiger partial charge in [-0.3, -0.25) is 4.79 Å². The molecular weight excluding hydrogens is 358 g/mol. The number of ether oxygens (including phenoxy) is 1. The average molecular weight is 374 g/mol. The fourth-order valence-electron chi connectivity index (χ4n) is 2.45. The lowest BCUT2D eigenvalue weighted by Gasteiger charge is -2.14. The van der Waals surface area contributed by atoms with Gasteiger partial charge in [0.15, 0.2) is 6.61 Å². The van der Waals surface area contributed by atoms with Crippen molar-refractivity contribution in [3.8, 4) is 0 Å². The number of carbonyl (C=O) groups is 2. The standard InChI is InChI=1S/C19H16ClNO3S/c1-12(13-7-3-2-4-8-13)21-16(22)11-24-19(23)18-17(20)14-9-5-6-10-15(14)25-18/h2-10,12H,11H2,1H3,(H,21,22)/t12-/m0/s1. The van der Waals surface area contributed by atoms with Crippen LogP contribution in [0.3, 0.4) is 0 Å². The topological polar surface area (TPSA) is 55.4 Å². The van der Waals surface area contributed by atoms with Crippen molar-refractivity contribution in [2.45, 2.75) is 13.0 Å². The molecule has 0 saturated heterocycles. The molecule has 3 rings (SSSR count). The van der Waals surface area contributed by atoms with Crippen molar-refractivity contribution in [1.29, 1.82) is 0 Å². The first-order valence-corrected chi connectivity index (χ1v) is 8.94. The van der Waals surface area contributed by atoms with Gasteiger partial charge in [0.2, 0.25) is 0 Å². The fourth-order valence-corrected chi connectivity index (χ4v) is 3.85. The van der Waals surface area contributed by atoms with Crippen LogP contribution in [-0.4, -0.2) is 18.5 Å². The van der Waals surface area contributed by atoms with E-state index in [1.165, 1.54) is 11.3 Å². The molecule has 6 heteroatoms. The first-order chi connectivity index (χ1) is 12.1. The van der Waals surface area contributed by atoms with Crippen LogP contribution in [0.25, 0.3) is 10.1 Å². The van der Waals surface area contributed by atoms with E-state index in [4.69, 9.17) is 16.3 Å². The number of fused-ring (bicyclic) bond motifs is 1. The second-order valence-electron chi connectivity index (χ2n) is 5.52. The molecule has 0 aliphatic carbocycles. The molecule has 1 amide bonds. The molecule has 0 fully saturated rings. The molecule has 1 atom stereocenters. The Morgan fingerprint density at radius 2 is 1.80 bits per heavy atom. The molecule has 1 aromatic heterocycles. The third-order valence-electron chi connectivity index (χ3n) is 3.73. The van der Waals surface area contributed by atoms with Crippen molar-refractivity contribution in [3.63, 3.8) is 0 Å². The van der Waals surface area contributed by atoms with Crippen molar-refractivity contribution in [1.82, 2.24) is 5.32 Å². The lowest BCUT2D eigenvalue weighted by atomic mass is 10.1. The maximum absolute atomic E-state index is 12.2. The molecule has 0 aliphatic heterocycles. The van der Waals surface area contributed by atoms with Crippen LogP contribution in [0.15, 0.2) is 54.6 Å². The fraction of sp³-hybridized carbons (Fsp3) is 0.158. The second kappa shape index (κ2) is 7.68. The molecule has 128 valence electrons. The highest BCUT2D eigenvalue weighted by atomic mass is 35.5. The van der Waals surface area contributed by atoms with E-state index in [9.17, 15) is 9.59 Å². The Balaban J connectivity index is 1.60. The van der Waals surface area contributed by atoms with Crippen LogP contribution in [0.4, 0.5) is 0 Å². The zero-order valence-electron chi connectivity index (χ0n) is 13.5. The van der Waals surface area contributed by atoms with E-state index in [2.05, 4.69) is 5.32 Å². The first kappa shape index (κ1) is 17.5. The second-order valence-corrected chi connectivity index (χ2v) is 6.95. The molecule has 25 heavy (non-hydrogen) atoms. The lowest BCUT2D eigenvalue weighted by molar-refractivity contribution is -0.124. The Labute approximate surface area is 154 Å². The van der Waals surface area contributed by atoms with Crippen LogP contribution in [0.1, 0.15) is 28.2 Å². The average Bonchev–Trinajstić information content (AvgIpc) is 2.97. The summed E-state index contributed by atoms with van der Waals surface area (Å²) in [6, 6.07) is 16.9. The van der Waals surface area contributed by atoms with E-state index >= 15 is 0 Å². The Morgan fingerprint density at radius 3 is 2.52 bits per heavy atom. The van der Waals surface area contributed by atoms with Crippen molar-refractivity contribution < 1.29 is 14.3 Å². The van der Waals surface area contributed by atoms with Gasteiger partial charge in [0.05, 0.1) is 11.1 Å². The molecule has 1 N–H and O–H groups in total. The van der Waals surface area contributed by atoms with Crippen LogP contribution in [-0.2, 0) is 9.53 Å². The summed E-state index contributed by atoms with van der Waals surface area (Å²) in [5, 5.41) is 3.97. The number of rotatable bonds is 5. The van der Waals surface area contributed by atoms with Crippen LogP contribution >= 0.6 is 22.9 Å². The quantitative estimate of drug-likeness (QED) is 0.665. The summed E-state index contributed by atoms with van der Waals surface area (Å²) in [5.41, 5.74) is 0.981. The van der Waals surface area contributed by atoms with Gasteiger partial charge in [-0.1, -0.05) is 60.1 Å². The third-order valence-corrected chi connectivity index (χ3v) is 5.39. The van der Waals surface area contributed by atoms with Gasteiger partial charge in [0.25, 0.3) is 5.91 Å². The number of nitrogens with one attached hydrogen (secondary N) is 1. The van der Waals surface area contributed by atoms with E-state index in [1.54, 1.807) is 0 Å². The zero-order chi connectivity index (χ0) is 17.8. The molecule has 2 aromatic carbocycles. The third kappa shape index (κ3) is 4.00. The largest absolute Gasteiger partial charge is 0.451 e. The normalized spacial score (nSPS) is 11.9. The predicted octanol–water partition coefficient (Wildman–Crippen LogP) is 4.59. The van der Waals surface area contributed by atoms with Crippen molar-refractivity contribution in [2.75, 3.05) is 6.61 Å². The Morgan fingerprint density at radius 1 is 1.12 bits per heavy atom. The smallest absolute Gasteiger partial charge is 0.350 e. The van der Waals surface area contributed by atoms with Gasteiger partial charge in [-0.15, -0.1) is 11.3 Å². The summed E-state index contributed by atoms with van der Waals surface area (Å²) < 4.78 is 6.02. The molecule has 0 aliphatic rings. The van der Waals surface area contributed by atoms with Crippen LogP contribution in [0.2, 0.25) is 5.02 Å². The van der Waals surface area contributed by atoms with E-state index in [0.29, 0.717) is 9.90 Å². The highest BCUT2D eigenvalue weighted by Gasteiger charge is 2.19. The maximum Gasteiger partial charge on any atom is 0.350 e. The SMILES string of the molecule is C[C@H](NC(=O)COC(=O)c1sc2ccccc2c1Cl)c1ccccc1. The van der Waals surface area contributed by atoms with Gasteiger partial charge in [-0.05, 0) is 18.6 Å². The van der Waals surface area contributed by atoms with Crippen LogP contribution in [0.5, 0.6) is 0 Å². The van der Waals surface area contributed by atoms with Gasteiger partial charge in [0.1, 0.15) is 4.88 Å². The Hall–Kier alpha value is -2.37. The number of thiophene rings is 1. The summed E-state index contributed by atoms with van der Waals surface area (Å²) in [4.78, 5) is 24.5. The summed E-state index contributed by atoms with van der Waals surface area (Å²) in [6.45, 7) is 1.53. The zero-order valence-corrected chi connectivity index (χ0v) is 15.1. The van der Waals surface area contributed by atoms with Crippen molar-refractivity contribution in [3.05, 3.63) is 70.1 Å². The lowest BCUT2D eigenvalue weighted by Crippen LogP contribution is -2.31.